The lowest BCUT2D eigenvalue weighted by atomic mass is 10.1. The van der Waals surface area contributed by atoms with Crippen LogP contribution in [-0.4, -0.2) is 29.0 Å². The first-order valence-electron chi connectivity index (χ1n) is 7.60. The fourth-order valence-electron chi connectivity index (χ4n) is 2.66. The Kier molecular flexibility index (Phi) is 5.43. The minimum atomic E-state index is 0.560. The van der Waals surface area contributed by atoms with Gasteiger partial charge in [-0.2, -0.15) is 0 Å². The van der Waals surface area contributed by atoms with E-state index in [1.807, 2.05) is 0 Å². The molecular formula is C15H26N4S. The third-order valence-electron chi connectivity index (χ3n) is 3.88. The van der Waals surface area contributed by atoms with Gasteiger partial charge in [-0.15, -0.1) is 11.3 Å². The Morgan fingerprint density at radius 2 is 2.10 bits per heavy atom. The first-order valence-corrected chi connectivity index (χ1v) is 8.48. The first kappa shape index (κ1) is 15.3. The highest BCUT2D eigenvalue weighted by molar-refractivity contribution is 7.15. The van der Waals surface area contributed by atoms with Crippen LogP contribution in [0.1, 0.15) is 45.7 Å². The minimum Gasteiger partial charge on any atom is -0.355 e. The predicted octanol–water partition coefficient (Wildman–Crippen LogP) is 3.52. The summed E-state index contributed by atoms with van der Waals surface area (Å²) in [5.41, 5.74) is 1.28. The summed E-state index contributed by atoms with van der Waals surface area (Å²) in [6.45, 7) is 8.62. The second-order valence-electron chi connectivity index (χ2n) is 5.20. The van der Waals surface area contributed by atoms with Crippen molar-refractivity contribution < 1.29 is 0 Å². The summed E-state index contributed by atoms with van der Waals surface area (Å²) in [5.74, 6) is 1.13. The van der Waals surface area contributed by atoms with Gasteiger partial charge in [0.25, 0.3) is 0 Å². The normalized spacial score (nSPS) is 11.7. The Bertz CT molecular complexity index is 527. The molecule has 0 fully saturated rings. The van der Waals surface area contributed by atoms with Crippen LogP contribution in [-0.2, 0) is 6.54 Å². The number of nitrogens with zero attached hydrogens (tertiary/aromatic N) is 3. The number of hydrogen-bond acceptors (Lipinski definition) is 4. The van der Waals surface area contributed by atoms with Gasteiger partial charge in [0, 0.05) is 31.2 Å². The topological polar surface area (TPSA) is 32.6 Å². The summed E-state index contributed by atoms with van der Waals surface area (Å²) in [4.78, 5) is 8.27. The second-order valence-corrected chi connectivity index (χ2v) is 6.07. The van der Waals surface area contributed by atoms with Crippen molar-refractivity contribution >= 4 is 22.1 Å². The maximum absolute atomic E-state index is 4.84. The number of anilines is 1. The molecule has 0 atom stereocenters. The number of imidazole rings is 1. The van der Waals surface area contributed by atoms with Crippen LogP contribution in [0.2, 0.25) is 0 Å². The fraction of sp³-hybridized carbons (Fsp3) is 0.667. The second kappa shape index (κ2) is 7.09. The van der Waals surface area contributed by atoms with Crippen molar-refractivity contribution in [2.24, 2.45) is 0 Å². The third kappa shape index (κ3) is 2.99. The molecule has 0 aliphatic heterocycles. The van der Waals surface area contributed by atoms with Crippen LogP contribution in [0.5, 0.6) is 0 Å². The van der Waals surface area contributed by atoms with Gasteiger partial charge >= 0.3 is 0 Å². The van der Waals surface area contributed by atoms with Gasteiger partial charge < -0.3 is 10.2 Å². The van der Waals surface area contributed by atoms with Crippen LogP contribution >= 0.6 is 11.3 Å². The standard InChI is InChI=1S/C15H26N4S/c1-5-8-16-11-13-14(18(4)12(6-2)7-3)17-15-19(13)9-10-20-15/h9-10,12,16H,5-8,11H2,1-4H3. The van der Waals surface area contributed by atoms with E-state index in [2.05, 4.69) is 54.0 Å². The summed E-state index contributed by atoms with van der Waals surface area (Å²) < 4.78 is 2.22. The van der Waals surface area contributed by atoms with Crippen molar-refractivity contribution in [1.82, 2.24) is 14.7 Å². The number of nitrogens with one attached hydrogen (secondary N) is 1. The van der Waals surface area contributed by atoms with Crippen molar-refractivity contribution in [2.75, 3.05) is 18.5 Å². The van der Waals surface area contributed by atoms with E-state index in [1.165, 1.54) is 5.69 Å². The number of thiazole rings is 1. The SMILES string of the molecule is CCCNCc1c(N(C)C(CC)CC)nc2sccn12. The minimum absolute atomic E-state index is 0.560. The van der Waals surface area contributed by atoms with E-state index in [9.17, 15) is 0 Å². The lowest BCUT2D eigenvalue weighted by Gasteiger charge is -2.27. The van der Waals surface area contributed by atoms with Crippen LogP contribution in [0.15, 0.2) is 11.6 Å². The molecule has 0 saturated carbocycles. The molecule has 112 valence electrons. The Balaban J connectivity index is 2.30. The molecule has 4 nitrogen and oxygen atoms in total. The molecule has 0 amide bonds. The van der Waals surface area contributed by atoms with Crippen molar-refractivity contribution in [3.05, 3.63) is 17.3 Å². The lowest BCUT2D eigenvalue weighted by molar-refractivity contribution is 0.582. The smallest absolute Gasteiger partial charge is 0.195 e. The van der Waals surface area contributed by atoms with Gasteiger partial charge in [0.2, 0.25) is 0 Å². The van der Waals surface area contributed by atoms with Gasteiger partial charge in [-0.1, -0.05) is 20.8 Å². The van der Waals surface area contributed by atoms with Crippen molar-refractivity contribution in [3.8, 4) is 0 Å². The molecule has 2 aromatic rings. The number of fused-ring (bicyclic) bond motifs is 1. The van der Waals surface area contributed by atoms with E-state index in [1.54, 1.807) is 11.3 Å². The Labute approximate surface area is 125 Å². The summed E-state index contributed by atoms with van der Waals surface area (Å²) in [6.07, 6.45) is 5.59. The predicted molar refractivity (Wildman–Crippen MR) is 87.8 cm³/mol. The molecule has 0 aliphatic carbocycles. The zero-order chi connectivity index (χ0) is 14.5. The lowest BCUT2D eigenvalue weighted by Crippen LogP contribution is -2.32. The molecule has 0 radical (unpaired) electrons. The molecule has 0 spiro atoms. The largest absolute Gasteiger partial charge is 0.355 e. The maximum Gasteiger partial charge on any atom is 0.195 e. The number of aromatic nitrogens is 2. The molecule has 0 saturated heterocycles. The van der Waals surface area contributed by atoms with Gasteiger partial charge in [0.05, 0.1) is 5.69 Å². The average molecular weight is 294 g/mol. The van der Waals surface area contributed by atoms with Crippen LogP contribution < -0.4 is 10.2 Å². The molecular weight excluding hydrogens is 268 g/mol. The van der Waals surface area contributed by atoms with Crippen LogP contribution in [0, 0.1) is 0 Å². The summed E-state index contributed by atoms with van der Waals surface area (Å²) in [5, 5.41) is 5.61. The number of rotatable bonds is 8. The van der Waals surface area contributed by atoms with E-state index in [4.69, 9.17) is 4.98 Å². The van der Waals surface area contributed by atoms with Crippen molar-refractivity contribution in [1.29, 1.82) is 0 Å². The molecule has 0 aromatic carbocycles. The number of hydrogen-bond donors (Lipinski definition) is 1. The van der Waals surface area contributed by atoms with E-state index < -0.39 is 0 Å². The van der Waals surface area contributed by atoms with Gasteiger partial charge in [0.1, 0.15) is 0 Å². The molecule has 2 aromatic heterocycles. The summed E-state index contributed by atoms with van der Waals surface area (Å²) >= 11 is 1.70. The Hall–Kier alpha value is -1.07. The molecule has 5 heteroatoms. The molecule has 2 rings (SSSR count). The molecule has 2 heterocycles. The zero-order valence-corrected chi connectivity index (χ0v) is 13.8. The van der Waals surface area contributed by atoms with Gasteiger partial charge in [0.15, 0.2) is 10.8 Å². The van der Waals surface area contributed by atoms with Crippen molar-refractivity contribution in [3.63, 3.8) is 0 Å². The molecule has 0 bridgehead atoms. The summed E-state index contributed by atoms with van der Waals surface area (Å²) in [7, 11) is 2.17. The van der Waals surface area contributed by atoms with Gasteiger partial charge in [-0.05, 0) is 25.8 Å². The summed E-state index contributed by atoms with van der Waals surface area (Å²) in [6, 6.07) is 0.560. The quantitative estimate of drug-likeness (QED) is 0.756. The van der Waals surface area contributed by atoms with E-state index >= 15 is 0 Å². The zero-order valence-electron chi connectivity index (χ0n) is 13.0. The fourth-order valence-corrected chi connectivity index (χ4v) is 3.39. The highest BCUT2D eigenvalue weighted by Gasteiger charge is 2.20. The maximum atomic E-state index is 4.84. The van der Waals surface area contributed by atoms with Crippen LogP contribution in [0.3, 0.4) is 0 Å². The molecule has 20 heavy (non-hydrogen) atoms. The Morgan fingerprint density at radius 3 is 2.75 bits per heavy atom. The highest BCUT2D eigenvalue weighted by Crippen LogP contribution is 2.26. The monoisotopic (exact) mass is 294 g/mol. The van der Waals surface area contributed by atoms with Gasteiger partial charge in [-0.3, -0.25) is 4.40 Å². The first-order chi connectivity index (χ1) is 9.72. The van der Waals surface area contributed by atoms with Crippen LogP contribution in [0.4, 0.5) is 5.82 Å². The molecule has 0 unspecified atom stereocenters. The Morgan fingerprint density at radius 1 is 1.35 bits per heavy atom. The van der Waals surface area contributed by atoms with E-state index in [0.717, 1.165) is 43.1 Å². The third-order valence-corrected chi connectivity index (χ3v) is 4.64. The highest BCUT2D eigenvalue weighted by atomic mass is 32.1. The van der Waals surface area contributed by atoms with Crippen LogP contribution in [0.25, 0.3) is 4.96 Å². The molecule has 0 aliphatic rings. The van der Waals surface area contributed by atoms with E-state index in [-0.39, 0.29) is 0 Å². The average Bonchev–Trinajstić information content (AvgIpc) is 3.02. The molecule has 1 N–H and O–H groups in total. The van der Waals surface area contributed by atoms with Gasteiger partial charge in [-0.25, -0.2) is 4.98 Å². The van der Waals surface area contributed by atoms with Crippen molar-refractivity contribution in [2.45, 2.75) is 52.6 Å². The van der Waals surface area contributed by atoms with E-state index in [0.29, 0.717) is 6.04 Å².